The Morgan fingerprint density at radius 1 is 1.48 bits per heavy atom. The molecule has 0 fully saturated rings. The van der Waals surface area contributed by atoms with Gasteiger partial charge in [0.15, 0.2) is 6.23 Å². The van der Waals surface area contributed by atoms with Crippen LogP contribution in [-0.2, 0) is 0 Å². The lowest BCUT2D eigenvalue weighted by Crippen LogP contribution is -2.36. The third-order valence-electron chi connectivity index (χ3n) is 3.46. The molecule has 2 aliphatic rings. The van der Waals surface area contributed by atoms with E-state index in [-0.39, 0.29) is 11.9 Å². The second-order valence-corrected chi connectivity index (χ2v) is 6.23. The Balaban J connectivity index is 2.17. The van der Waals surface area contributed by atoms with E-state index in [1.54, 1.807) is 22.4 Å². The van der Waals surface area contributed by atoms with Gasteiger partial charge in [-0.15, -0.1) is 0 Å². The highest BCUT2D eigenvalue weighted by Crippen LogP contribution is 2.45. The number of halogens is 2. The second kappa shape index (κ2) is 5.50. The van der Waals surface area contributed by atoms with Gasteiger partial charge in [-0.1, -0.05) is 35.5 Å². The van der Waals surface area contributed by atoms with Crippen LogP contribution < -0.4 is 5.73 Å². The van der Waals surface area contributed by atoms with Crippen molar-refractivity contribution < 1.29 is 9.50 Å². The van der Waals surface area contributed by atoms with Gasteiger partial charge in [-0.3, -0.25) is 4.90 Å². The molecule has 0 bridgehead atoms. The first-order valence-corrected chi connectivity index (χ1v) is 7.71. The summed E-state index contributed by atoms with van der Waals surface area (Å²) in [6.07, 6.45) is 0.917. The van der Waals surface area contributed by atoms with Gasteiger partial charge in [-0.05, 0) is 36.3 Å². The zero-order valence-electron chi connectivity index (χ0n) is 11.3. The lowest BCUT2D eigenvalue weighted by atomic mass is 9.92. The van der Waals surface area contributed by atoms with E-state index < -0.39 is 6.23 Å². The first kappa shape index (κ1) is 14.7. The average Bonchev–Trinajstić information content (AvgIpc) is 2.80. The van der Waals surface area contributed by atoms with Crippen molar-refractivity contribution in [3.63, 3.8) is 0 Å². The number of aliphatic hydroxyl groups excluding tert-OH is 1. The molecule has 2 aliphatic heterocycles. The normalized spacial score (nSPS) is 22.9. The monoisotopic (exact) mass is 324 g/mol. The van der Waals surface area contributed by atoms with E-state index in [4.69, 9.17) is 17.3 Å². The Bertz CT molecular complexity index is 684. The number of thioether (sulfide) groups is 1. The van der Waals surface area contributed by atoms with Crippen molar-refractivity contribution in [3.05, 3.63) is 62.9 Å². The van der Waals surface area contributed by atoms with Gasteiger partial charge < -0.3 is 10.8 Å². The van der Waals surface area contributed by atoms with Gasteiger partial charge in [0.1, 0.15) is 11.0 Å². The van der Waals surface area contributed by atoms with Crippen LogP contribution in [0.15, 0.2) is 51.5 Å². The average molecular weight is 325 g/mol. The molecule has 2 atom stereocenters. The molecule has 2 heterocycles. The maximum absolute atomic E-state index is 13.5. The molecular formula is C15H14ClFN2OS. The number of hydrogen-bond acceptors (Lipinski definition) is 4. The van der Waals surface area contributed by atoms with E-state index in [1.165, 1.54) is 23.9 Å². The molecule has 3 N–H and O–H groups in total. The Morgan fingerprint density at radius 2 is 2.24 bits per heavy atom. The minimum atomic E-state index is -0.980. The van der Waals surface area contributed by atoms with Crippen LogP contribution in [0.25, 0.3) is 5.57 Å². The van der Waals surface area contributed by atoms with Crippen LogP contribution in [0, 0.1) is 5.82 Å². The second-order valence-electron chi connectivity index (χ2n) is 4.95. The number of nitrogens with zero attached hydrogens (tertiary/aromatic N) is 1. The molecule has 0 radical (unpaired) electrons. The quantitative estimate of drug-likeness (QED) is 0.820. The van der Waals surface area contributed by atoms with E-state index in [0.29, 0.717) is 16.3 Å². The smallest absolute Gasteiger partial charge is 0.159 e. The van der Waals surface area contributed by atoms with Crippen molar-refractivity contribution in [1.82, 2.24) is 4.90 Å². The SMILES string of the molecule is CC(N)C1=C(c2cccc(F)c2)C(O)N2C(Cl)=CSC2=C1. The number of aliphatic hydroxyl groups is 1. The Hall–Kier alpha value is -1.27. The Labute approximate surface area is 131 Å². The summed E-state index contributed by atoms with van der Waals surface area (Å²) in [6, 6.07) is 5.83. The van der Waals surface area contributed by atoms with Crippen LogP contribution in [0.2, 0.25) is 0 Å². The number of fused-ring (bicyclic) bond motifs is 1. The van der Waals surface area contributed by atoms with Crippen LogP contribution in [-0.4, -0.2) is 22.3 Å². The van der Waals surface area contributed by atoms with Gasteiger partial charge >= 0.3 is 0 Å². The van der Waals surface area contributed by atoms with Crippen molar-refractivity contribution in [2.45, 2.75) is 19.2 Å². The number of benzene rings is 1. The summed E-state index contributed by atoms with van der Waals surface area (Å²) in [7, 11) is 0. The number of hydrogen-bond donors (Lipinski definition) is 2. The highest BCUT2D eigenvalue weighted by Gasteiger charge is 2.35. The molecule has 2 unspecified atom stereocenters. The Kier molecular flexibility index (Phi) is 3.84. The van der Waals surface area contributed by atoms with E-state index in [9.17, 15) is 9.50 Å². The third kappa shape index (κ3) is 2.51. The fraction of sp³-hybridized carbons (Fsp3) is 0.200. The van der Waals surface area contributed by atoms with Gasteiger partial charge in [-0.2, -0.15) is 0 Å². The van der Waals surface area contributed by atoms with Crippen molar-refractivity contribution in [2.75, 3.05) is 0 Å². The first-order valence-electron chi connectivity index (χ1n) is 6.46. The molecule has 0 aliphatic carbocycles. The molecule has 0 spiro atoms. The predicted octanol–water partition coefficient (Wildman–Crippen LogP) is 3.19. The van der Waals surface area contributed by atoms with Gasteiger partial charge in [0.25, 0.3) is 0 Å². The molecule has 6 heteroatoms. The summed E-state index contributed by atoms with van der Waals surface area (Å²) >= 11 is 7.56. The van der Waals surface area contributed by atoms with E-state index >= 15 is 0 Å². The Morgan fingerprint density at radius 3 is 2.90 bits per heavy atom. The summed E-state index contributed by atoms with van der Waals surface area (Å²) in [6.45, 7) is 1.84. The molecule has 3 rings (SSSR count). The van der Waals surface area contributed by atoms with Gasteiger partial charge in [0, 0.05) is 17.0 Å². The van der Waals surface area contributed by atoms with Crippen LogP contribution in [0.1, 0.15) is 12.5 Å². The van der Waals surface area contributed by atoms with Crippen molar-refractivity contribution in [1.29, 1.82) is 0 Å². The summed E-state index contributed by atoms with van der Waals surface area (Å²) in [4.78, 5) is 1.61. The van der Waals surface area contributed by atoms with Crippen LogP contribution >= 0.6 is 23.4 Å². The molecule has 1 aromatic rings. The van der Waals surface area contributed by atoms with E-state index in [2.05, 4.69) is 0 Å². The molecule has 0 saturated heterocycles. The largest absolute Gasteiger partial charge is 0.369 e. The summed E-state index contributed by atoms with van der Waals surface area (Å²) in [5.74, 6) is -0.358. The first-order chi connectivity index (χ1) is 9.99. The van der Waals surface area contributed by atoms with Crippen molar-refractivity contribution in [3.8, 4) is 0 Å². The topological polar surface area (TPSA) is 49.5 Å². The zero-order valence-corrected chi connectivity index (χ0v) is 12.8. The highest BCUT2D eigenvalue weighted by molar-refractivity contribution is 8.06. The van der Waals surface area contributed by atoms with Crippen molar-refractivity contribution >= 4 is 28.9 Å². The number of rotatable bonds is 2. The van der Waals surface area contributed by atoms with E-state index in [1.807, 2.05) is 13.0 Å². The van der Waals surface area contributed by atoms with E-state index in [0.717, 1.165) is 10.6 Å². The molecule has 21 heavy (non-hydrogen) atoms. The fourth-order valence-electron chi connectivity index (χ4n) is 2.51. The lowest BCUT2D eigenvalue weighted by Gasteiger charge is -2.34. The molecule has 0 saturated carbocycles. The molecule has 0 amide bonds. The molecule has 0 aromatic heterocycles. The fourth-order valence-corrected chi connectivity index (χ4v) is 3.71. The summed E-state index contributed by atoms with van der Waals surface area (Å²) in [5.41, 5.74) is 8.00. The lowest BCUT2D eigenvalue weighted by molar-refractivity contribution is 0.115. The highest BCUT2D eigenvalue weighted by atomic mass is 35.5. The van der Waals surface area contributed by atoms with Crippen molar-refractivity contribution in [2.24, 2.45) is 5.73 Å². The maximum Gasteiger partial charge on any atom is 0.159 e. The number of nitrogens with two attached hydrogens (primary N) is 1. The third-order valence-corrected chi connectivity index (χ3v) is 4.78. The van der Waals surface area contributed by atoms with Gasteiger partial charge in [0.05, 0.1) is 5.03 Å². The maximum atomic E-state index is 13.5. The summed E-state index contributed by atoms with van der Waals surface area (Å²) in [5, 5.41) is 13.7. The van der Waals surface area contributed by atoms with Gasteiger partial charge in [0.2, 0.25) is 0 Å². The molecular weight excluding hydrogens is 311 g/mol. The minimum absolute atomic E-state index is 0.285. The van der Waals surface area contributed by atoms with Crippen LogP contribution in [0.5, 0.6) is 0 Å². The standard InChI is InChI=1S/C15H14ClFN2OS/c1-8(18)11-6-13-19(12(16)7-21-13)15(20)14(11)9-3-2-4-10(17)5-9/h2-8,15,20H,18H2,1H3. The van der Waals surface area contributed by atoms with Gasteiger partial charge in [-0.25, -0.2) is 4.39 Å². The predicted molar refractivity (Wildman–Crippen MR) is 84.4 cm³/mol. The molecule has 1 aromatic carbocycles. The molecule has 110 valence electrons. The zero-order chi connectivity index (χ0) is 15.1. The summed E-state index contributed by atoms with van der Waals surface area (Å²) < 4.78 is 13.5. The van der Waals surface area contributed by atoms with Crippen LogP contribution in [0.4, 0.5) is 4.39 Å². The molecule has 3 nitrogen and oxygen atoms in total. The van der Waals surface area contributed by atoms with Crippen LogP contribution in [0.3, 0.4) is 0 Å². The minimum Gasteiger partial charge on any atom is -0.369 e.